The molecular formula is C9H6ClFN2O. The number of hydrogen-bond donors (Lipinski definition) is 0. The van der Waals surface area contributed by atoms with E-state index in [2.05, 4.69) is 10.1 Å². The second-order valence-corrected chi connectivity index (χ2v) is 3.17. The summed E-state index contributed by atoms with van der Waals surface area (Å²) in [5.41, 5.74) is 0.545. The summed E-state index contributed by atoms with van der Waals surface area (Å²) in [6.45, 7) is 1.67. The molecule has 0 N–H and O–H groups in total. The predicted octanol–water partition coefficient (Wildman–Crippen LogP) is 2.84. The first-order valence-corrected chi connectivity index (χ1v) is 4.30. The summed E-state index contributed by atoms with van der Waals surface area (Å²) in [7, 11) is 0. The van der Waals surface area contributed by atoms with E-state index in [1.54, 1.807) is 13.0 Å². The number of benzene rings is 1. The maximum absolute atomic E-state index is 13.1. The summed E-state index contributed by atoms with van der Waals surface area (Å²) >= 11 is 5.53. The highest BCUT2D eigenvalue weighted by Crippen LogP contribution is 2.21. The molecule has 2 aromatic rings. The molecule has 0 bridgehead atoms. The number of aromatic nitrogens is 2. The molecule has 0 spiro atoms. The first-order valence-electron chi connectivity index (χ1n) is 3.92. The molecule has 0 saturated carbocycles. The standard InChI is InChI=1S/C9H6ClFN2O/c1-5-12-9(13-14-5)6-2-3-7(10)8(11)4-6/h2-4H,1H3. The largest absolute Gasteiger partial charge is 0.339 e. The van der Waals surface area contributed by atoms with E-state index in [1.807, 2.05) is 0 Å². The van der Waals surface area contributed by atoms with Gasteiger partial charge in [0.15, 0.2) is 0 Å². The molecule has 1 aromatic heterocycles. The van der Waals surface area contributed by atoms with E-state index in [0.29, 0.717) is 17.3 Å². The Labute approximate surface area is 84.5 Å². The molecule has 2 rings (SSSR count). The smallest absolute Gasteiger partial charge is 0.223 e. The summed E-state index contributed by atoms with van der Waals surface area (Å²) in [5, 5.41) is 3.74. The van der Waals surface area contributed by atoms with Gasteiger partial charge < -0.3 is 4.52 Å². The second-order valence-electron chi connectivity index (χ2n) is 2.77. The number of aryl methyl sites for hydroxylation is 1. The maximum Gasteiger partial charge on any atom is 0.223 e. The molecule has 0 amide bonds. The molecular weight excluding hydrogens is 207 g/mol. The molecule has 0 fully saturated rings. The lowest BCUT2D eigenvalue weighted by molar-refractivity contribution is 0.394. The zero-order chi connectivity index (χ0) is 10.1. The number of hydrogen-bond acceptors (Lipinski definition) is 3. The Balaban J connectivity index is 2.47. The monoisotopic (exact) mass is 212 g/mol. The van der Waals surface area contributed by atoms with Gasteiger partial charge in [0.05, 0.1) is 5.02 Å². The third-order valence-corrected chi connectivity index (χ3v) is 2.01. The van der Waals surface area contributed by atoms with Gasteiger partial charge in [-0.15, -0.1) is 0 Å². The van der Waals surface area contributed by atoms with Crippen LogP contribution in [0, 0.1) is 12.7 Å². The average molecular weight is 213 g/mol. The van der Waals surface area contributed by atoms with Crippen LogP contribution in [0.5, 0.6) is 0 Å². The fourth-order valence-electron chi connectivity index (χ4n) is 1.05. The van der Waals surface area contributed by atoms with Crippen LogP contribution in [0.2, 0.25) is 5.02 Å². The van der Waals surface area contributed by atoms with Gasteiger partial charge in [-0.1, -0.05) is 16.8 Å². The third-order valence-electron chi connectivity index (χ3n) is 1.71. The van der Waals surface area contributed by atoms with Gasteiger partial charge >= 0.3 is 0 Å². The number of rotatable bonds is 1. The minimum Gasteiger partial charge on any atom is -0.339 e. The van der Waals surface area contributed by atoms with Crippen LogP contribution in [0.25, 0.3) is 11.4 Å². The Hall–Kier alpha value is -1.42. The van der Waals surface area contributed by atoms with Crippen molar-refractivity contribution < 1.29 is 8.91 Å². The molecule has 0 unspecified atom stereocenters. The molecule has 72 valence electrons. The molecule has 0 aliphatic rings. The van der Waals surface area contributed by atoms with Crippen molar-refractivity contribution in [1.82, 2.24) is 10.1 Å². The fourth-order valence-corrected chi connectivity index (χ4v) is 1.17. The van der Waals surface area contributed by atoms with Gasteiger partial charge in [-0.2, -0.15) is 4.98 Å². The van der Waals surface area contributed by atoms with Crippen LogP contribution < -0.4 is 0 Å². The summed E-state index contributed by atoms with van der Waals surface area (Å²) in [6.07, 6.45) is 0. The summed E-state index contributed by atoms with van der Waals surface area (Å²) in [6, 6.07) is 4.36. The van der Waals surface area contributed by atoms with Crippen molar-refractivity contribution in [3.8, 4) is 11.4 Å². The number of halogens is 2. The molecule has 0 radical (unpaired) electrons. The van der Waals surface area contributed by atoms with Gasteiger partial charge in [-0.05, 0) is 18.2 Å². The van der Waals surface area contributed by atoms with E-state index < -0.39 is 5.82 Å². The van der Waals surface area contributed by atoms with Gasteiger partial charge in [-0.25, -0.2) is 4.39 Å². The lowest BCUT2D eigenvalue weighted by atomic mass is 10.2. The average Bonchev–Trinajstić information content (AvgIpc) is 2.57. The van der Waals surface area contributed by atoms with Gasteiger partial charge in [0.1, 0.15) is 5.82 Å². The molecule has 1 aromatic carbocycles. The molecule has 0 atom stereocenters. The Morgan fingerprint density at radius 3 is 2.79 bits per heavy atom. The SMILES string of the molecule is Cc1nc(-c2ccc(Cl)c(F)c2)no1. The normalized spacial score (nSPS) is 10.5. The Morgan fingerprint density at radius 1 is 1.43 bits per heavy atom. The van der Waals surface area contributed by atoms with Crippen molar-refractivity contribution in [2.45, 2.75) is 6.92 Å². The zero-order valence-electron chi connectivity index (χ0n) is 7.29. The topological polar surface area (TPSA) is 38.9 Å². The third kappa shape index (κ3) is 1.61. The summed E-state index contributed by atoms with van der Waals surface area (Å²) in [5.74, 6) is 0.306. The van der Waals surface area contributed by atoms with Crippen LogP contribution in [0.15, 0.2) is 22.7 Å². The van der Waals surface area contributed by atoms with Gasteiger partial charge in [0.25, 0.3) is 0 Å². The molecule has 3 nitrogen and oxygen atoms in total. The van der Waals surface area contributed by atoms with E-state index in [0.717, 1.165) is 0 Å². The molecule has 1 heterocycles. The molecule has 0 aliphatic carbocycles. The molecule has 0 aliphatic heterocycles. The lowest BCUT2D eigenvalue weighted by Crippen LogP contribution is -1.83. The van der Waals surface area contributed by atoms with Crippen LogP contribution in [0.4, 0.5) is 4.39 Å². The minimum atomic E-state index is -0.494. The quantitative estimate of drug-likeness (QED) is 0.730. The van der Waals surface area contributed by atoms with E-state index in [9.17, 15) is 4.39 Å². The zero-order valence-corrected chi connectivity index (χ0v) is 8.05. The van der Waals surface area contributed by atoms with Crippen molar-refractivity contribution in [2.24, 2.45) is 0 Å². The van der Waals surface area contributed by atoms with E-state index in [1.165, 1.54) is 12.1 Å². The van der Waals surface area contributed by atoms with E-state index in [4.69, 9.17) is 16.1 Å². The first-order chi connectivity index (χ1) is 6.66. The van der Waals surface area contributed by atoms with Gasteiger partial charge in [-0.3, -0.25) is 0 Å². The van der Waals surface area contributed by atoms with Crippen LogP contribution in [-0.2, 0) is 0 Å². The van der Waals surface area contributed by atoms with Crippen molar-refractivity contribution in [1.29, 1.82) is 0 Å². The van der Waals surface area contributed by atoms with Crippen molar-refractivity contribution in [2.75, 3.05) is 0 Å². The highest BCUT2D eigenvalue weighted by Gasteiger charge is 2.08. The summed E-state index contributed by atoms with van der Waals surface area (Å²) in [4.78, 5) is 3.96. The Morgan fingerprint density at radius 2 is 2.21 bits per heavy atom. The summed E-state index contributed by atoms with van der Waals surface area (Å²) < 4.78 is 17.8. The van der Waals surface area contributed by atoms with Gasteiger partial charge in [0.2, 0.25) is 11.7 Å². The Kier molecular flexibility index (Phi) is 2.21. The van der Waals surface area contributed by atoms with E-state index >= 15 is 0 Å². The van der Waals surface area contributed by atoms with Crippen LogP contribution in [0.3, 0.4) is 0 Å². The van der Waals surface area contributed by atoms with E-state index in [-0.39, 0.29) is 5.02 Å². The highest BCUT2D eigenvalue weighted by molar-refractivity contribution is 6.30. The maximum atomic E-state index is 13.1. The van der Waals surface area contributed by atoms with Crippen molar-refractivity contribution in [3.05, 3.63) is 34.9 Å². The Bertz CT molecular complexity index is 470. The molecule has 14 heavy (non-hydrogen) atoms. The number of nitrogens with zero attached hydrogens (tertiary/aromatic N) is 2. The van der Waals surface area contributed by atoms with Crippen LogP contribution >= 0.6 is 11.6 Å². The predicted molar refractivity (Wildman–Crippen MR) is 49.4 cm³/mol. The lowest BCUT2D eigenvalue weighted by Gasteiger charge is -1.95. The minimum absolute atomic E-state index is 0.0777. The fraction of sp³-hybridized carbons (Fsp3) is 0.111. The van der Waals surface area contributed by atoms with Crippen molar-refractivity contribution in [3.63, 3.8) is 0 Å². The second kappa shape index (κ2) is 3.38. The van der Waals surface area contributed by atoms with Crippen LogP contribution in [-0.4, -0.2) is 10.1 Å². The van der Waals surface area contributed by atoms with Crippen molar-refractivity contribution >= 4 is 11.6 Å². The van der Waals surface area contributed by atoms with Gasteiger partial charge in [0, 0.05) is 12.5 Å². The molecule has 0 saturated heterocycles. The first kappa shape index (κ1) is 9.15. The molecule has 5 heteroatoms. The van der Waals surface area contributed by atoms with Crippen LogP contribution in [0.1, 0.15) is 5.89 Å². The highest BCUT2D eigenvalue weighted by atomic mass is 35.5.